The van der Waals surface area contributed by atoms with E-state index in [1.54, 1.807) is 7.11 Å². The molecule has 0 bridgehead atoms. The van der Waals surface area contributed by atoms with Crippen molar-refractivity contribution < 1.29 is 14.3 Å². The molecule has 0 saturated carbocycles. The van der Waals surface area contributed by atoms with E-state index < -0.39 is 0 Å². The van der Waals surface area contributed by atoms with E-state index in [0.29, 0.717) is 25.2 Å². The molecule has 0 aromatic carbocycles. The fourth-order valence-electron chi connectivity index (χ4n) is 3.07. The number of amides is 1. The monoisotopic (exact) mass is 270 g/mol. The highest BCUT2D eigenvalue weighted by Crippen LogP contribution is 2.24. The maximum Gasteiger partial charge on any atom is 0.248 e. The average Bonchev–Trinajstić information content (AvgIpc) is 2.98. The van der Waals surface area contributed by atoms with Crippen molar-refractivity contribution in [1.29, 1.82) is 0 Å². The van der Waals surface area contributed by atoms with Crippen molar-refractivity contribution in [2.75, 3.05) is 46.6 Å². The third-order valence-electron chi connectivity index (χ3n) is 4.14. The van der Waals surface area contributed by atoms with Crippen LogP contribution in [-0.4, -0.2) is 63.4 Å². The second-order valence-electron chi connectivity index (χ2n) is 5.49. The number of methoxy groups -OCH3 is 1. The molecule has 0 aliphatic carbocycles. The summed E-state index contributed by atoms with van der Waals surface area (Å²) >= 11 is 0. The lowest BCUT2D eigenvalue weighted by molar-refractivity contribution is -0.138. The Morgan fingerprint density at radius 3 is 2.95 bits per heavy atom. The van der Waals surface area contributed by atoms with Gasteiger partial charge in [-0.15, -0.1) is 0 Å². The van der Waals surface area contributed by atoms with E-state index in [2.05, 4.69) is 5.32 Å². The van der Waals surface area contributed by atoms with Crippen LogP contribution in [0.4, 0.5) is 0 Å². The lowest BCUT2D eigenvalue weighted by atomic mass is 9.90. The quantitative estimate of drug-likeness (QED) is 0.720. The molecule has 110 valence electrons. The van der Waals surface area contributed by atoms with Crippen molar-refractivity contribution in [1.82, 2.24) is 10.2 Å². The van der Waals surface area contributed by atoms with Gasteiger partial charge in [0.1, 0.15) is 6.61 Å². The van der Waals surface area contributed by atoms with Gasteiger partial charge in [-0.25, -0.2) is 0 Å². The predicted octanol–water partition coefficient (Wildman–Crippen LogP) is 0.640. The number of nitrogens with zero attached hydrogens (tertiary/aromatic N) is 1. The summed E-state index contributed by atoms with van der Waals surface area (Å²) in [6, 6.07) is 0.616. The van der Waals surface area contributed by atoms with Crippen molar-refractivity contribution in [3.05, 3.63) is 0 Å². The van der Waals surface area contributed by atoms with Crippen LogP contribution < -0.4 is 5.32 Å². The number of hydrogen-bond donors (Lipinski definition) is 1. The molecular weight excluding hydrogens is 244 g/mol. The largest absolute Gasteiger partial charge is 0.382 e. The van der Waals surface area contributed by atoms with Gasteiger partial charge in [-0.1, -0.05) is 0 Å². The van der Waals surface area contributed by atoms with Crippen LogP contribution in [0.2, 0.25) is 0 Å². The third-order valence-corrected chi connectivity index (χ3v) is 4.14. The fourth-order valence-corrected chi connectivity index (χ4v) is 3.07. The number of likely N-dealkylation sites (tertiary alicyclic amines) is 1. The van der Waals surface area contributed by atoms with E-state index in [9.17, 15) is 4.79 Å². The minimum Gasteiger partial charge on any atom is -0.382 e. The molecule has 0 radical (unpaired) electrons. The Morgan fingerprint density at radius 2 is 2.21 bits per heavy atom. The number of nitrogens with one attached hydrogen (secondary N) is 1. The molecule has 2 atom stereocenters. The Bertz CT molecular complexity index is 280. The van der Waals surface area contributed by atoms with Crippen LogP contribution in [0.15, 0.2) is 0 Å². The highest BCUT2D eigenvalue weighted by atomic mass is 16.5. The van der Waals surface area contributed by atoms with Gasteiger partial charge in [0.15, 0.2) is 0 Å². The van der Waals surface area contributed by atoms with Crippen molar-refractivity contribution in [3.63, 3.8) is 0 Å². The topological polar surface area (TPSA) is 50.8 Å². The van der Waals surface area contributed by atoms with Gasteiger partial charge < -0.3 is 19.7 Å². The minimum absolute atomic E-state index is 0.124. The summed E-state index contributed by atoms with van der Waals surface area (Å²) in [5.41, 5.74) is 0. The van der Waals surface area contributed by atoms with Gasteiger partial charge in [0.05, 0.1) is 13.2 Å². The lowest BCUT2D eigenvalue weighted by Crippen LogP contribution is -2.47. The summed E-state index contributed by atoms with van der Waals surface area (Å²) in [5.74, 6) is 0.748. The zero-order valence-corrected chi connectivity index (χ0v) is 11.9. The highest BCUT2D eigenvalue weighted by Gasteiger charge is 2.30. The molecule has 2 fully saturated rings. The second-order valence-corrected chi connectivity index (χ2v) is 5.49. The summed E-state index contributed by atoms with van der Waals surface area (Å²) in [5, 5.41) is 3.56. The Labute approximate surface area is 115 Å². The molecule has 2 rings (SSSR count). The molecule has 2 aliphatic heterocycles. The van der Waals surface area contributed by atoms with Gasteiger partial charge in [-0.05, 0) is 38.1 Å². The Balaban J connectivity index is 1.71. The molecule has 1 N–H and O–H groups in total. The first-order chi connectivity index (χ1) is 9.31. The van der Waals surface area contributed by atoms with Gasteiger partial charge in [0.25, 0.3) is 0 Å². The number of carbonyl (C=O) groups is 1. The molecule has 19 heavy (non-hydrogen) atoms. The maximum atomic E-state index is 12.1. The highest BCUT2D eigenvalue weighted by molar-refractivity contribution is 5.77. The Morgan fingerprint density at radius 1 is 1.32 bits per heavy atom. The smallest absolute Gasteiger partial charge is 0.248 e. The molecule has 5 nitrogen and oxygen atoms in total. The van der Waals surface area contributed by atoms with Crippen LogP contribution in [0.3, 0.4) is 0 Å². The summed E-state index contributed by atoms with van der Waals surface area (Å²) in [7, 11) is 1.63. The van der Waals surface area contributed by atoms with Crippen LogP contribution in [-0.2, 0) is 14.3 Å². The summed E-state index contributed by atoms with van der Waals surface area (Å²) in [6.45, 7) is 4.13. The summed E-state index contributed by atoms with van der Waals surface area (Å²) in [4.78, 5) is 14.0. The van der Waals surface area contributed by atoms with Crippen LogP contribution in [0.25, 0.3) is 0 Å². The molecular formula is C14H26N2O3. The van der Waals surface area contributed by atoms with E-state index in [1.165, 1.54) is 19.3 Å². The van der Waals surface area contributed by atoms with E-state index in [0.717, 1.165) is 26.1 Å². The van der Waals surface area contributed by atoms with E-state index in [4.69, 9.17) is 9.47 Å². The van der Waals surface area contributed by atoms with Crippen molar-refractivity contribution in [2.45, 2.75) is 31.7 Å². The summed E-state index contributed by atoms with van der Waals surface area (Å²) in [6.07, 6.45) is 4.89. The van der Waals surface area contributed by atoms with E-state index >= 15 is 0 Å². The van der Waals surface area contributed by atoms with Crippen LogP contribution >= 0.6 is 0 Å². The molecule has 2 aliphatic rings. The van der Waals surface area contributed by atoms with Crippen LogP contribution in [0, 0.1) is 5.92 Å². The van der Waals surface area contributed by atoms with Gasteiger partial charge in [0.2, 0.25) is 5.91 Å². The molecule has 2 heterocycles. The first-order valence-corrected chi connectivity index (χ1v) is 7.39. The number of piperidine rings is 1. The van der Waals surface area contributed by atoms with Gasteiger partial charge in [-0.2, -0.15) is 0 Å². The lowest BCUT2D eigenvalue weighted by Gasteiger charge is -2.35. The molecule has 0 spiro atoms. The van der Waals surface area contributed by atoms with Gasteiger partial charge in [-0.3, -0.25) is 4.79 Å². The molecule has 0 aromatic heterocycles. The fraction of sp³-hybridized carbons (Fsp3) is 0.929. The molecule has 5 heteroatoms. The van der Waals surface area contributed by atoms with Crippen molar-refractivity contribution in [2.24, 2.45) is 5.92 Å². The van der Waals surface area contributed by atoms with Gasteiger partial charge >= 0.3 is 0 Å². The zero-order valence-electron chi connectivity index (χ0n) is 11.9. The van der Waals surface area contributed by atoms with E-state index in [-0.39, 0.29) is 12.5 Å². The molecule has 1 amide bonds. The predicted molar refractivity (Wildman–Crippen MR) is 73.0 cm³/mol. The number of hydrogen-bond acceptors (Lipinski definition) is 4. The number of ether oxygens (including phenoxy) is 2. The van der Waals surface area contributed by atoms with Gasteiger partial charge in [0, 0.05) is 26.2 Å². The maximum absolute atomic E-state index is 12.1. The molecule has 2 saturated heterocycles. The summed E-state index contributed by atoms with van der Waals surface area (Å²) < 4.78 is 10.2. The average molecular weight is 270 g/mol. The number of rotatable bonds is 6. The molecule has 2 unspecified atom stereocenters. The first kappa shape index (κ1) is 14.8. The Hall–Kier alpha value is -0.650. The van der Waals surface area contributed by atoms with Crippen LogP contribution in [0.5, 0.6) is 0 Å². The first-order valence-electron chi connectivity index (χ1n) is 7.39. The normalized spacial score (nSPS) is 27.7. The zero-order chi connectivity index (χ0) is 13.5. The number of carbonyl (C=O) groups excluding carboxylic acids is 1. The van der Waals surface area contributed by atoms with Crippen molar-refractivity contribution in [3.8, 4) is 0 Å². The standard InChI is InChI=1S/C14H26N2O3/c1-18-8-9-19-11-14(17)16-7-3-4-12(10-16)13-5-2-6-15-13/h12-13,15H,2-11H2,1H3. The SMILES string of the molecule is COCCOCC(=O)N1CCCC(C2CCCN2)C1. The third kappa shape index (κ3) is 4.44. The second kappa shape index (κ2) is 7.82. The minimum atomic E-state index is 0.124. The Kier molecular flexibility index (Phi) is 6.07. The van der Waals surface area contributed by atoms with Crippen molar-refractivity contribution >= 4 is 5.91 Å². The molecule has 0 aromatic rings. The van der Waals surface area contributed by atoms with E-state index in [1.807, 2.05) is 4.90 Å². The van der Waals surface area contributed by atoms with Crippen LogP contribution in [0.1, 0.15) is 25.7 Å².